The molecule has 82 valence electrons. The summed E-state index contributed by atoms with van der Waals surface area (Å²) in [5.41, 5.74) is 0. The summed E-state index contributed by atoms with van der Waals surface area (Å²) < 4.78 is 0. The van der Waals surface area contributed by atoms with Gasteiger partial charge >= 0.3 is 54.7 Å². The molecule has 10 heterocycles. The van der Waals surface area contributed by atoms with Crippen LogP contribution >= 0.6 is 0 Å². The van der Waals surface area contributed by atoms with E-state index in [1.54, 1.807) is 48.2 Å². The zero-order valence-electron chi connectivity index (χ0n) is 9.04. The first-order valence-corrected chi connectivity index (χ1v) is 13.0. The van der Waals surface area contributed by atoms with E-state index in [1.807, 2.05) is 0 Å². The predicted molar refractivity (Wildman–Crippen MR) is 53.9 cm³/mol. The fourth-order valence-corrected chi connectivity index (χ4v) is 88.0. The molecule has 0 radical (unpaired) electrons. The molecule has 0 saturated carbocycles. The normalized spacial score (nSPS) is 127. The Balaban J connectivity index is 0.000000121. The van der Waals surface area contributed by atoms with E-state index in [4.69, 9.17) is 0 Å². The van der Waals surface area contributed by atoms with Crippen LogP contribution in [0.25, 0.3) is 0 Å². The molecule has 0 aliphatic carbocycles. The molecule has 2 heteroatoms. The van der Waals surface area contributed by atoms with E-state index < -0.39 is 6.51 Å². The van der Waals surface area contributed by atoms with Gasteiger partial charge in [0.15, 0.2) is 0 Å². The van der Waals surface area contributed by atoms with Gasteiger partial charge in [-0.25, -0.2) is 0 Å². The average molecular weight is 244 g/mol. The Kier molecular flexibility index (Phi) is 0.153. The van der Waals surface area contributed by atoms with Crippen molar-refractivity contribution in [2.75, 3.05) is 0 Å². The van der Waals surface area contributed by atoms with Crippen LogP contribution in [0.3, 0.4) is 0 Å². The van der Waals surface area contributed by atoms with Gasteiger partial charge in [-0.15, -0.1) is 0 Å². The van der Waals surface area contributed by atoms with Gasteiger partial charge in [-0.3, -0.25) is 0 Å². The number of hydrogen-bond acceptors (Lipinski definition) is 1. The summed E-state index contributed by atoms with van der Waals surface area (Å²) in [7, 11) is 0. The van der Waals surface area contributed by atoms with Crippen LogP contribution in [-0.4, -0.2) is 5.78 Å². The molecule has 10 fully saturated rings. The molecule has 10 aliphatic heterocycles. The summed E-state index contributed by atoms with van der Waals surface area (Å²) in [6.07, 6.45) is 0. The molecule has 0 aromatic heterocycles. The van der Waals surface area contributed by atoms with Crippen LogP contribution in [0, 0.1) is 0 Å². The summed E-state index contributed by atoms with van der Waals surface area (Å²) in [6, 6.07) is 0. The van der Waals surface area contributed by atoms with Crippen molar-refractivity contribution in [2.24, 2.45) is 0 Å². The fraction of sp³-hybridized carbons (Fsp3) is 0.923. The summed E-state index contributed by atoms with van der Waals surface area (Å²) in [6.45, 7) is 0.772. The van der Waals surface area contributed by atoms with Gasteiger partial charge in [-0.1, -0.05) is 0 Å². The van der Waals surface area contributed by atoms with Crippen molar-refractivity contribution >= 4 is 5.78 Å². The van der Waals surface area contributed by atoms with Crippen molar-refractivity contribution in [1.29, 1.82) is 0 Å². The van der Waals surface area contributed by atoms with Crippen molar-refractivity contribution in [3.8, 4) is 0 Å². The van der Waals surface area contributed by atoms with Crippen molar-refractivity contribution in [3.05, 3.63) is 0 Å². The molecule has 0 unspecified atom stereocenters. The Morgan fingerprint density at radius 2 is 0.800 bits per heavy atom. The zero-order chi connectivity index (χ0) is 9.67. The van der Waals surface area contributed by atoms with Gasteiger partial charge < -0.3 is 4.79 Å². The molecule has 0 aromatic carbocycles. The van der Waals surface area contributed by atoms with E-state index >= 15 is 0 Å². The van der Waals surface area contributed by atoms with Gasteiger partial charge in [0.05, 0.1) is 0 Å². The maximum absolute atomic E-state index is 9.44. The molecule has 1 spiro atoms. The first-order valence-electron chi connectivity index (χ1n) is 6.58. The maximum atomic E-state index is 9.44. The minimum absolute atomic E-state index is 0.167. The Bertz CT molecular complexity index is 663. The second kappa shape index (κ2) is 0.404. The SMILES string of the molecule is CC(C)=O.[CH]12[CH]3[CH]4[CH]5[CH]1[Fe]23451678[CH]2[CH]1[CH]6[CH]7[CH]28. The van der Waals surface area contributed by atoms with Gasteiger partial charge in [0.1, 0.15) is 5.78 Å². The molecule has 10 rings (SSSR count). The Labute approximate surface area is 79.3 Å². The van der Waals surface area contributed by atoms with Crippen LogP contribution in [0.5, 0.6) is 0 Å². The molecule has 0 aromatic rings. The molecule has 10 saturated heterocycles. The molecule has 10 aliphatic rings. The van der Waals surface area contributed by atoms with Crippen molar-refractivity contribution < 1.29 is 11.3 Å². The summed E-state index contributed by atoms with van der Waals surface area (Å²) in [5.74, 6) is 0.167. The van der Waals surface area contributed by atoms with Crippen LogP contribution in [0.2, 0.25) is 48.2 Å². The third kappa shape index (κ3) is 0.0526. The number of hydrogen-bond donors (Lipinski definition) is 0. The van der Waals surface area contributed by atoms with Crippen molar-refractivity contribution in [2.45, 2.75) is 62.0 Å². The second-order valence-corrected chi connectivity index (χ2v) is 34.4. The molecule has 0 N–H and O–H groups in total. The third-order valence-electron chi connectivity index (χ3n) is 14.5. The quantitative estimate of drug-likeness (QED) is 0.589. The van der Waals surface area contributed by atoms with Gasteiger partial charge in [-0.05, 0) is 13.8 Å². The van der Waals surface area contributed by atoms with Gasteiger partial charge in [0, 0.05) is 0 Å². The number of carbonyl (C=O) groups excluding carboxylic acids is 1. The first kappa shape index (κ1) is 5.69. The van der Waals surface area contributed by atoms with E-state index in [0.29, 0.717) is 0 Å². The van der Waals surface area contributed by atoms with Crippen LogP contribution in [0.15, 0.2) is 0 Å². The number of fused-ring (bicyclic) bond motifs is 10. The van der Waals surface area contributed by atoms with Crippen LogP contribution < -0.4 is 0 Å². The molecule has 0 amide bonds. The molecule has 0 bridgehead atoms. The van der Waals surface area contributed by atoms with Crippen LogP contribution in [-0.2, 0) is 11.3 Å². The van der Waals surface area contributed by atoms with E-state index in [1.165, 1.54) is 13.8 Å². The second-order valence-electron chi connectivity index (χ2n) is 10.5. The molecular weight excluding hydrogens is 228 g/mol. The van der Waals surface area contributed by atoms with Gasteiger partial charge in [-0.2, -0.15) is 0 Å². The van der Waals surface area contributed by atoms with E-state index in [-0.39, 0.29) is 5.78 Å². The van der Waals surface area contributed by atoms with Crippen LogP contribution in [0.1, 0.15) is 13.8 Å². The summed E-state index contributed by atoms with van der Waals surface area (Å²) in [5, 5.41) is 0. The monoisotopic (exact) mass is 244 g/mol. The van der Waals surface area contributed by atoms with Crippen molar-refractivity contribution in [1.82, 2.24) is 0 Å². The Morgan fingerprint density at radius 1 is 0.667 bits per heavy atom. The zero-order valence-corrected chi connectivity index (χ0v) is 10.1. The van der Waals surface area contributed by atoms with E-state index in [0.717, 1.165) is 0 Å². The summed E-state index contributed by atoms with van der Waals surface area (Å²) >= 11 is 0. The number of Topliss-reactive ketones (excluding diaryl/α,β-unsaturated/α-hetero) is 1. The summed E-state index contributed by atoms with van der Waals surface area (Å²) in [4.78, 5) is 25.4. The van der Waals surface area contributed by atoms with Gasteiger partial charge in [0.25, 0.3) is 0 Å². The predicted octanol–water partition coefficient (Wildman–Crippen LogP) is 3.97. The average Bonchev–Trinajstić information content (AvgIpc) is 3.13. The van der Waals surface area contributed by atoms with E-state index in [9.17, 15) is 4.79 Å². The molecule has 1 nitrogen and oxygen atoms in total. The molecule has 0 atom stereocenters. The first-order chi connectivity index (χ1) is 6.89. The Hall–Kier alpha value is 0.189. The minimum atomic E-state index is -2.28. The van der Waals surface area contributed by atoms with E-state index in [2.05, 4.69) is 0 Å². The number of carbonyl (C=O) groups is 1. The molecule has 15 heavy (non-hydrogen) atoms. The van der Waals surface area contributed by atoms with Gasteiger partial charge in [0.2, 0.25) is 0 Å². The number of rotatable bonds is 0. The number of ketones is 1. The van der Waals surface area contributed by atoms with Crippen molar-refractivity contribution in [3.63, 3.8) is 0 Å². The third-order valence-corrected chi connectivity index (χ3v) is 56.5. The Morgan fingerprint density at radius 3 is 0.800 bits per heavy atom. The standard InChI is InChI=1S/2C5H5.C3H6O.Fe/c2*1-2-4-5-3-1;1-3(2)4;/h2*1-5H;1-2H3;. The molecular formula is C13H16FeO. The van der Waals surface area contributed by atoms with Crippen LogP contribution in [0.4, 0.5) is 0 Å². The fourth-order valence-electron chi connectivity index (χ4n) is 15.8. The topological polar surface area (TPSA) is 17.1 Å².